The summed E-state index contributed by atoms with van der Waals surface area (Å²) in [6.45, 7) is 2.30. The van der Waals surface area contributed by atoms with E-state index in [-0.39, 0.29) is 10.8 Å². The van der Waals surface area contributed by atoms with Crippen molar-refractivity contribution in [2.24, 2.45) is 0 Å². The number of benzene rings is 1. The van der Waals surface area contributed by atoms with Crippen LogP contribution < -0.4 is 5.32 Å². The van der Waals surface area contributed by atoms with Gasteiger partial charge in [-0.05, 0) is 30.5 Å². The van der Waals surface area contributed by atoms with E-state index in [0.717, 1.165) is 31.6 Å². The van der Waals surface area contributed by atoms with E-state index in [4.69, 9.17) is 16.3 Å². The fourth-order valence-electron chi connectivity index (χ4n) is 1.81. The number of hydrogen-bond donors (Lipinski definition) is 1. The topological polar surface area (TPSA) is 21.3 Å². The molecule has 1 N–H and O–H groups in total. The van der Waals surface area contributed by atoms with Gasteiger partial charge in [0, 0.05) is 25.8 Å². The molecule has 1 aliphatic rings. The van der Waals surface area contributed by atoms with Crippen LogP contribution in [0.1, 0.15) is 18.4 Å². The van der Waals surface area contributed by atoms with E-state index in [1.54, 1.807) is 6.07 Å². The molecular weight excluding hydrogens is 229 g/mol. The number of ether oxygens (including phenoxy) is 1. The second-order valence-electron chi connectivity index (χ2n) is 4.02. The Balaban J connectivity index is 1.86. The molecule has 0 aromatic heterocycles. The lowest BCUT2D eigenvalue weighted by Gasteiger charge is -2.23. The molecule has 1 aromatic rings. The molecule has 0 unspecified atom stereocenters. The summed E-state index contributed by atoms with van der Waals surface area (Å²) in [5.74, 6) is -0.354. The van der Waals surface area contributed by atoms with Crippen LogP contribution in [0, 0.1) is 5.82 Å². The summed E-state index contributed by atoms with van der Waals surface area (Å²) in [5.41, 5.74) is 0.924. The van der Waals surface area contributed by atoms with Crippen LogP contribution >= 0.6 is 11.6 Å². The van der Waals surface area contributed by atoms with Crippen molar-refractivity contribution in [3.63, 3.8) is 0 Å². The summed E-state index contributed by atoms with van der Waals surface area (Å²) in [7, 11) is 0. The average Bonchev–Trinajstić information content (AvgIpc) is 2.32. The first kappa shape index (κ1) is 11.8. The Kier molecular flexibility index (Phi) is 4.16. The fourth-order valence-corrected chi connectivity index (χ4v) is 1.93. The van der Waals surface area contributed by atoms with Crippen molar-refractivity contribution in [3.8, 4) is 0 Å². The van der Waals surface area contributed by atoms with Crippen LogP contribution in [0.2, 0.25) is 5.02 Å². The molecule has 1 aliphatic heterocycles. The van der Waals surface area contributed by atoms with Crippen molar-refractivity contribution in [1.82, 2.24) is 5.32 Å². The van der Waals surface area contributed by atoms with E-state index in [1.807, 2.05) is 6.07 Å². The van der Waals surface area contributed by atoms with Crippen LogP contribution in [0.3, 0.4) is 0 Å². The number of hydrogen-bond acceptors (Lipinski definition) is 2. The summed E-state index contributed by atoms with van der Waals surface area (Å²) >= 11 is 5.62. The minimum absolute atomic E-state index is 0.176. The molecule has 0 saturated carbocycles. The van der Waals surface area contributed by atoms with E-state index in [0.29, 0.717) is 12.6 Å². The molecule has 2 rings (SSSR count). The third-order valence-corrected chi connectivity index (χ3v) is 3.11. The fraction of sp³-hybridized carbons (Fsp3) is 0.500. The smallest absolute Gasteiger partial charge is 0.142 e. The van der Waals surface area contributed by atoms with E-state index in [2.05, 4.69) is 5.32 Å². The molecule has 0 atom stereocenters. The molecule has 0 bridgehead atoms. The van der Waals surface area contributed by atoms with E-state index in [9.17, 15) is 4.39 Å². The molecule has 1 saturated heterocycles. The highest BCUT2D eigenvalue weighted by molar-refractivity contribution is 6.30. The Hall–Kier alpha value is -0.640. The average molecular weight is 244 g/mol. The lowest BCUT2D eigenvalue weighted by atomic mass is 10.1. The van der Waals surface area contributed by atoms with Crippen LogP contribution in [0.25, 0.3) is 0 Å². The van der Waals surface area contributed by atoms with Crippen LogP contribution in [-0.4, -0.2) is 19.3 Å². The zero-order valence-electron chi connectivity index (χ0n) is 9.01. The van der Waals surface area contributed by atoms with Gasteiger partial charge in [-0.1, -0.05) is 17.7 Å². The molecule has 0 amide bonds. The van der Waals surface area contributed by atoms with Crippen LogP contribution in [0.4, 0.5) is 4.39 Å². The monoisotopic (exact) mass is 243 g/mol. The highest BCUT2D eigenvalue weighted by Crippen LogP contribution is 2.16. The Morgan fingerprint density at radius 2 is 2.12 bits per heavy atom. The molecule has 16 heavy (non-hydrogen) atoms. The van der Waals surface area contributed by atoms with Crippen molar-refractivity contribution in [2.45, 2.75) is 25.4 Å². The van der Waals surface area contributed by atoms with Gasteiger partial charge in [-0.2, -0.15) is 0 Å². The third-order valence-electron chi connectivity index (χ3n) is 2.80. The minimum Gasteiger partial charge on any atom is -0.381 e. The van der Waals surface area contributed by atoms with Crippen molar-refractivity contribution in [3.05, 3.63) is 34.6 Å². The van der Waals surface area contributed by atoms with Gasteiger partial charge < -0.3 is 10.1 Å². The first-order valence-electron chi connectivity index (χ1n) is 5.51. The first-order valence-corrected chi connectivity index (χ1v) is 5.88. The summed E-state index contributed by atoms with van der Waals surface area (Å²) in [6, 6.07) is 5.40. The highest BCUT2D eigenvalue weighted by atomic mass is 35.5. The maximum atomic E-state index is 13.2. The normalized spacial score (nSPS) is 17.6. The molecule has 1 fully saturated rings. The van der Waals surface area contributed by atoms with Crippen molar-refractivity contribution in [2.75, 3.05) is 13.2 Å². The molecule has 1 aromatic carbocycles. The molecule has 0 aliphatic carbocycles. The van der Waals surface area contributed by atoms with Gasteiger partial charge in [0.05, 0.1) is 5.02 Å². The number of nitrogens with one attached hydrogen (secondary N) is 1. The molecule has 0 spiro atoms. The van der Waals surface area contributed by atoms with Gasteiger partial charge in [0.15, 0.2) is 0 Å². The van der Waals surface area contributed by atoms with Gasteiger partial charge in [0.1, 0.15) is 5.82 Å². The maximum Gasteiger partial charge on any atom is 0.142 e. The summed E-state index contributed by atoms with van der Waals surface area (Å²) < 4.78 is 18.4. The van der Waals surface area contributed by atoms with E-state index in [1.165, 1.54) is 6.07 Å². The van der Waals surface area contributed by atoms with Crippen molar-refractivity contribution < 1.29 is 9.13 Å². The Bertz CT molecular complexity index is 353. The lowest BCUT2D eigenvalue weighted by Crippen LogP contribution is -2.34. The molecule has 2 nitrogen and oxygen atoms in total. The maximum absolute atomic E-state index is 13.2. The first-order chi connectivity index (χ1) is 7.75. The lowest BCUT2D eigenvalue weighted by molar-refractivity contribution is 0.0776. The quantitative estimate of drug-likeness (QED) is 0.882. The Labute approximate surface area is 99.7 Å². The third kappa shape index (κ3) is 3.17. The number of halogens is 2. The summed E-state index contributed by atoms with van der Waals surface area (Å²) in [4.78, 5) is 0. The predicted octanol–water partition coefficient (Wildman–Crippen LogP) is 2.75. The van der Waals surface area contributed by atoms with Crippen LogP contribution in [0.15, 0.2) is 18.2 Å². The van der Waals surface area contributed by atoms with Gasteiger partial charge in [-0.15, -0.1) is 0 Å². The van der Waals surface area contributed by atoms with Gasteiger partial charge in [-0.3, -0.25) is 0 Å². The summed E-state index contributed by atoms with van der Waals surface area (Å²) in [6.07, 6.45) is 2.05. The SMILES string of the molecule is Fc1cc(CNC2CCOCC2)ccc1Cl. The number of rotatable bonds is 3. The van der Waals surface area contributed by atoms with Crippen LogP contribution in [-0.2, 0) is 11.3 Å². The standard InChI is InChI=1S/C12H15ClFNO/c13-11-2-1-9(7-12(11)14)8-15-10-3-5-16-6-4-10/h1-2,7,10,15H,3-6,8H2. The predicted molar refractivity (Wildman–Crippen MR) is 62.1 cm³/mol. The zero-order chi connectivity index (χ0) is 11.4. The highest BCUT2D eigenvalue weighted by Gasteiger charge is 2.12. The van der Waals surface area contributed by atoms with Gasteiger partial charge in [0.2, 0.25) is 0 Å². The second-order valence-corrected chi connectivity index (χ2v) is 4.42. The second kappa shape index (κ2) is 5.62. The summed E-state index contributed by atoms with van der Waals surface area (Å²) in [5, 5.41) is 3.57. The molecule has 0 radical (unpaired) electrons. The van der Waals surface area contributed by atoms with Crippen molar-refractivity contribution in [1.29, 1.82) is 0 Å². The van der Waals surface area contributed by atoms with E-state index < -0.39 is 0 Å². The van der Waals surface area contributed by atoms with Crippen molar-refractivity contribution >= 4 is 11.6 Å². The molecule has 88 valence electrons. The van der Waals surface area contributed by atoms with Gasteiger partial charge >= 0.3 is 0 Å². The minimum atomic E-state index is -0.354. The Morgan fingerprint density at radius 1 is 1.38 bits per heavy atom. The zero-order valence-corrected chi connectivity index (χ0v) is 9.77. The van der Waals surface area contributed by atoms with Crippen LogP contribution in [0.5, 0.6) is 0 Å². The molecule has 4 heteroatoms. The Morgan fingerprint density at radius 3 is 2.81 bits per heavy atom. The molecule has 1 heterocycles. The van der Waals surface area contributed by atoms with Gasteiger partial charge in [-0.25, -0.2) is 4.39 Å². The van der Waals surface area contributed by atoms with Gasteiger partial charge in [0.25, 0.3) is 0 Å². The molecular formula is C12H15ClFNO. The largest absolute Gasteiger partial charge is 0.381 e. The van der Waals surface area contributed by atoms with E-state index >= 15 is 0 Å².